The molecule has 0 aromatic heterocycles. The van der Waals surface area contributed by atoms with Crippen LogP contribution in [0.25, 0.3) is 0 Å². The van der Waals surface area contributed by atoms with E-state index in [2.05, 4.69) is 17.4 Å². The molecule has 0 saturated carbocycles. The maximum Gasteiger partial charge on any atom is 0.228 e. The van der Waals surface area contributed by atoms with Gasteiger partial charge in [-0.05, 0) is 48.6 Å². The molecule has 0 unspecified atom stereocenters. The number of benzene rings is 2. The van der Waals surface area contributed by atoms with Crippen molar-refractivity contribution in [2.75, 3.05) is 5.32 Å². The maximum absolute atomic E-state index is 12.4. The largest absolute Gasteiger partial charge is 0.326 e. The molecule has 0 saturated heterocycles. The number of halogens is 1. The third-order valence-electron chi connectivity index (χ3n) is 3.88. The number of rotatable bonds is 2. The minimum absolute atomic E-state index is 0.0192. The fourth-order valence-corrected chi connectivity index (χ4v) is 2.88. The summed E-state index contributed by atoms with van der Waals surface area (Å²) in [4.78, 5) is 12.4. The molecule has 20 heavy (non-hydrogen) atoms. The van der Waals surface area contributed by atoms with Crippen LogP contribution < -0.4 is 5.32 Å². The normalized spacial score (nSPS) is 14.1. The van der Waals surface area contributed by atoms with Gasteiger partial charge in [-0.1, -0.05) is 41.9 Å². The number of amides is 1. The van der Waals surface area contributed by atoms with Gasteiger partial charge in [-0.3, -0.25) is 4.79 Å². The van der Waals surface area contributed by atoms with Gasteiger partial charge in [0.25, 0.3) is 0 Å². The van der Waals surface area contributed by atoms with E-state index in [-0.39, 0.29) is 11.8 Å². The Bertz CT molecular complexity index is 641. The van der Waals surface area contributed by atoms with E-state index in [0.717, 1.165) is 24.1 Å². The van der Waals surface area contributed by atoms with Crippen LogP contribution in [-0.2, 0) is 17.6 Å². The molecule has 1 amide bonds. The predicted molar refractivity (Wildman–Crippen MR) is 82.2 cm³/mol. The topological polar surface area (TPSA) is 29.1 Å². The van der Waals surface area contributed by atoms with Gasteiger partial charge >= 0.3 is 0 Å². The average Bonchev–Trinajstić information content (AvgIpc) is 2.87. The first-order valence-electron chi connectivity index (χ1n) is 6.77. The Hall–Kier alpha value is -1.80. The molecule has 0 radical (unpaired) electrons. The molecule has 102 valence electrons. The molecule has 0 aliphatic heterocycles. The number of aryl methyl sites for hydroxylation is 1. The summed E-state index contributed by atoms with van der Waals surface area (Å²) >= 11 is 5.98. The van der Waals surface area contributed by atoms with E-state index >= 15 is 0 Å². The Morgan fingerprint density at radius 3 is 2.45 bits per heavy atom. The molecule has 1 N–H and O–H groups in total. The molecule has 3 rings (SSSR count). The van der Waals surface area contributed by atoms with Crippen molar-refractivity contribution in [1.29, 1.82) is 0 Å². The molecule has 3 heteroatoms. The Kier molecular flexibility index (Phi) is 3.49. The van der Waals surface area contributed by atoms with Gasteiger partial charge in [-0.25, -0.2) is 0 Å². The van der Waals surface area contributed by atoms with E-state index in [1.165, 1.54) is 11.1 Å². The lowest BCUT2D eigenvalue weighted by molar-refractivity contribution is -0.119. The highest BCUT2D eigenvalue weighted by Gasteiger charge is 2.27. The summed E-state index contributed by atoms with van der Waals surface area (Å²) in [5, 5.41) is 3.64. The van der Waals surface area contributed by atoms with E-state index in [1.807, 2.05) is 31.2 Å². The lowest BCUT2D eigenvalue weighted by Crippen LogP contribution is -2.23. The SMILES string of the molecule is Cc1ccc(Cl)cc1NC(=O)C1Cc2ccccc2C1. The van der Waals surface area contributed by atoms with Crippen LogP contribution in [0.15, 0.2) is 42.5 Å². The van der Waals surface area contributed by atoms with Crippen LogP contribution in [0.4, 0.5) is 5.69 Å². The Balaban J connectivity index is 1.74. The Morgan fingerprint density at radius 1 is 1.15 bits per heavy atom. The van der Waals surface area contributed by atoms with Gasteiger partial charge in [-0.2, -0.15) is 0 Å². The van der Waals surface area contributed by atoms with Gasteiger partial charge in [0, 0.05) is 16.6 Å². The highest BCUT2D eigenvalue weighted by Crippen LogP contribution is 2.28. The molecule has 0 atom stereocenters. The second-order valence-electron chi connectivity index (χ2n) is 5.32. The molecule has 1 aliphatic carbocycles. The van der Waals surface area contributed by atoms with Gasteiger partial charge in [0.15, 0.2) is 0 Å². The fourth-order valence-electron chi connectivity index (χ4n) is 2.71. The fraction of sp³-hybridized carbons (Fsp3) is 0.235. The van der Waals surface area contributed by atoms with Crippen molar-refractivity contribution >= 4 is 23.2 Å². The number of nitrogens with one attached hydrogen (secondary N) is 1. The summed E-state index contributed by atoms with van der Waals surface area (Å²) < 4.78 is 0. The molecule has 1 aliphatic rings. The maximum atomic E-state index is 12.4. The molecule has 0 fully saturated rings. The first kappa shape index (κ1) is 13.2. The highest BCUT2D eigenvalue weighted by molar-refractivity contribution is 6.31. The standard InChI is InChI=1S/C17H16ClNO/c1-11-6-7-15(18)10-16(11)19-17(20)14-8-12-4-2-3-5-13(12)9-14/h2-7,10,14H,8-9H2,1H3,(H,19,20). The molecule has 2 aromatic rings. The molecule has 2 nitrogen and oxygen atoms in total. The number of carbonyl (C=O) groups excluding carboxylic acids is 1. The van der Waals surface area contributed by atoms with Gasteiger partial charge in [0.05, 0.1) is 0 Å². The lowest BCUT2D eigenvalue weighted by atomic mass is 10.1. The van der Waals surface area contributed by atoms with Crippen molar-refractivity contribution in [3.8, 4) is 0 Å². The van der Waals surface area contributed by atoms with Crippen LogP contribution in [-0.4, -0.2) is 5.91 Å². The molecule has 2 aromatic carbocycles. The molecule has 0 spiro atoms. The van der Waals surface area contributed by atoms with Crippen LogP contribution >= 0.6 is 11.6 Å². The van der Waals surface area contributed by atoms with E-state index < -0.39 is 0 Å². The average molecular weight is 286 g/mol. The molecular weight excluding hydrogens is 270 g/mol. The second kappa shape index (κ2) is 5.29. The number of hydrogen-bond donors (Lipinski definition) is 1. The van der Waals surface area contributed by atoms with Crippen LogP contribution in [0.5, 0.6) is 0 Å². The predicted octanol–water partition coefficient (Wildman–Crippen LogP) is 4.00. The first-order chi connectivity index (χ1) is 9.63. The zero-order chi connectivity index (χ0) is 14.1. The van der Waals surface area contributed by atoms with Crippen molar-refractivity contribution < 1.29 is 4.79 Å². The smallest absolute Gasteiger partial charge is 0.228 e. The molecule has 0 bridgehead atoms. The summed E-state index contributed by atoms with van der Waals surface area (Å²) in [6.45, 7) is 1.97. The lowest BCUT2D eigenvalue weighted by Gasteiger charge is -2.12. The Labute approximate surface area is 123 Å². The van der Waals surface area contributed by atoms with Crippen LogP contribution in [0, 0.1) is 12.8 Å². The van der Waals surface area contributed by atoms with Crippen molar-refractivity contribution in [3.05, 3.63) is 64.2 Å². The summed E-state index contributed by atoms with van der Waals surface area (Å²) in [7, 11) is 0. The Morgan fingerprint density at radius 2 is 1.80 bits per heavy atom. The molecule has 0 heterocycles. The van der Waals surface area contributed by atoms with Crippen LogP contribution in [0.2, 0.25) is 5.02 Å². The van der Waals surface area contributed by atoms with E-state index in [4.69, 9.17) is 11.6 Å². The number of anilines is 1. The van der Waals surface area contributed by atoms with Gasteiger partial charge < -0.3 is 5.32 Å². The minimum atomic E-state index is 0.0192. The number of carbonyl (C=O) groups is 1. The third-order valence-corrected chi connectivity index (χ3v) is 4.11. The van der Waals surface area contributed by atoms with Crippen LogP contribution in [0.1, 0.15) is 16.7 Å². The molecular formula is C17H16ClNO. The summed E-state index contributed by atoms with van der Waals surface area (Å²) in [6.07, 6.45) is 1.64. The summed E-state index contributed by atoms with van der Waals surface area (Å²) in [6, 6.07) is 13.8. The van der Waals surface area contributed by atoms with E-state index in [0.29, 0.717) is 5.02 Å². The van der Waals surface area contributed by atoms with Gasteiger partial charge in [0.1, 0.15) is 0 Å². The first-order valence-corrected chi connectivity index (χ1v) is 7.15. The number of fused-ring (bicyclic) bond motifs is 1. The monoisotopic (exact) mass is 285 g/mol. The summed E-state index contributed by atoms with van der Waals surface area (Å²) in [5.74, 6) is 0.0948. The minimum Gasteiger partial charge on any atom is -0.326 e. The van der Waals surface area contributed by atoms with Crippen LogP contribution in [0.3, 0.4) is 0 Å². The van der Waals surface area contributed by atoms with Crippen molar-refractivity contribution in [2.24, 2.45) is 5.92 Å². The van der Waals surface area contributed by atoms with E-state index in [1.54, 1.807) is 6.07 Å². The zero-order valence-electron chi connectivity index (χ0n) is 11.3. The zero-order valence-corrected chi connectivity index (χ0v) is 12.1. The van der Waals surface area contributed by atoms with E-state index in [9.17, 15) is 4.79 Å². The van der Waals surface area contributed by atoms with Crippen molar-refractivity contribution in [2.45, 2.75) is 19.8 Å². The van der Waals surface area contributed by atoms with Gasteiger partial charge in [0.2, 0.25) is 5.91 Å². The highest BCUT2D eigenvalue weighted by atomic mass is 35.5. The quantitative estimate of drug-likeness (QED) is 0.888. The number of hydrogen-bond acceptors (Lipinski definition) is 1. The third kappa shape index (κ3) is 2.56. The second-order valence-corrected chi connectivity index (χ2v) is 5.76. The summed E-state index contributed by atoms with van der Waals surface area (Å²) in [5.41, 5.74) is 4.41. The van der Waals surface area contributed by atoms with Crippen molar-refractivity contribution in [3.63, 3.8) is 0 Å². The van der Waals surface area contributed by atoms with Gasteiger partial charge in [-0.15, -0.1) is 0 Å². The van der Waals surface area contributed by atoms with Crippen molar-refractivity contribution in [1.82, 2.24) is 0 Å².